The van der Waals surface area contributed by atoms with Gasteiger partial charge in [0.15, 0.2) is 11.6 Å². The van der Waals surface area contributed by atoms with Crippen LogP contribution in [0.3, 0.4) is 0 Å². The van der Waals surface area contributed by atoms with E-state index in [2.05, 4.69) is 4.98 Å². The van der Waals surface area contributed by atoms with Crippen LogP contribution in [0.15, 0.2) is 41.0 Å². The van der Waals surface area contributed by atoms with Gasteiger partial charge in [0, 0.05) is 13.5 Å². The highest BCUT2D eigenvalue weighted by molar-refractivity contribution is 5.83. The fourth-order valence-electron chi connectivity index (χ4n) is 2.26. The van der Waals surface area contributed by atoms with Crippen molar-refractivity contribution in [1.82, 2.24) is 9.55 Å². The Hall–Kier alpha value is -2.36. The van der Waals surface area contributed by atoms with Gasteiger partial charge in [-0.1, -0.05) is 6.07 Å². The molecule has 2 heterocycles. The summed E-state index contributed by atoms with van der Waals surface area (Å²) in [6.07, 6.45) is 2.09. The summed E-state index contributed by atoms with van der Waals surface area (Å²) in [7, 11) is 1.95. The molecule has 3 rings (SSSR count). The number of imidazole rings is 1. The van der Waals surface area contributed by atoms with Crippen LogP contribution >= 0.6 is 0 Å². The third-order valence-corrected chi connectivity index (χ3v) is 3.14. The monoisotopic (exact) mass is 254 g/mol. The number of hydrogen-bond acceptors (Lipinski definition) is 3. The van der Waals surface area contributed by atoms with Crippen molar-refractivity contribution in [1.29, 1.82) is 0 Å². The molecule has 0 bridgehead atoms. The molecule has 4 heteroatoms. The van der Waals surface area contributed by atoms with Crippen molar-refractivity contribution in [3.8, 4) is 11.6 Å². The van der Waals surface area contributed by atoms with Crippen molar-refractivity contribution in [3.05, 3.63) is 42.2 Å². The molecule has 19 heavy (non-hydrogen) atoms. The van der Waals surface area contributed by atoms with Crippen LogP contribution in [0.5, 0.6) is 0 Å². The highest BCUT2D eigenvalue weighted by Crippen LogP contribution is 2.24. The first-order valence-electron chi connectivity index (χ1n) is 6.14. The molecule has 0 aliphatic carbocycles. The van der Waals surface area contributed by atoms with Crippen molar-refractivity contribution < 1.29 is 9.21 Å². The molecule has 0 spiro atoms. The Labute approximate surface area is 110 Å². The van der Waals surface area contributed by atoms with E-state index in [1.165, 1.54) is 0 Å². The number of carbonyl (C=O) groups is 1. The number of furan rings is 1. The molecule has 3 aromatic rings. The Morgan fingerprint density at radius 3 is 2.89 bits per heavy atom. The van der Waals surface area contributed by atoms with Gasteiger partial charge in [-0.3, -0.25) is 4.79 Å². The quantitative estimate of drug-likeness (QED) is 0.722. The summed E-state index contributed by atoms with van der Waals surface area (Å²) in [5, 5.41) is 0. The molecule has 1 aromatic carbocycles. The molecule has 0 fully saturated rings. The molecular formula is C15H14N2O2. The maximum atomic E-state index is 11.2. The number of ketones is 1. The minimum atomic E-state index is 0.160. The van der Waals surface area contributed by atoms with Gasteiger partial charge < -0.3 is 8.98 Å². The number of fused-ring (bicyclic) bond motifs is 1. The smallest absolute Gasteiger partial charge is 0.176 e. The number of rotatable bonds is 3. The molecule has 0 N–H and O–H groups in total. The summed E-state index contributed by atoms with van der Waals surface area (Å²) in [4.78, 5) is 15.7. The zero-order valence-corrected chi connectivity index (χ0v) is 10.9. The van der Waals surface area contributed by atoms with Crippen molar-refractivity contribution in [2.24, 2.45) is 7.05 Å². The van der Waals surface area contributed by atoms with Crippen molar-refractivity contribution in [2.75, 3.05) is 0 Å². The molecule has 0 radical (unpaired) electrons. The van der Waals surface area contributed by atoms with E-state index in [0.29, 0.717) is 6.42 Å². The fourth-order valence-corrected chi connectivity index (χ4v) is 2.26. The lowest BCUT2D eigenvalue weighted by Crippen LogP contribution is -1.97. The van der Waals surface area contributed by atoms with Crippen molar-refractivity contribution in [2.45, 2.75) is 13.3 Å². The van der Waals surface area contributed by atoms with Crippen LogP contribution in [0.4, 0.5) is 0 Å². The zero-order chi connectivity index (χ0) is 13.4. The van der Waals surface area contributed by atoms with Gasteiger partial charge in [-0.05, 0) is 36.8 Å². The second-order valence-electron chi connectivity index (χ2n) is 4.67. The summed E-state index contributed by atoms with van der Waals surface area (Å²) in [6.45, 7) is 1.60. The van der Waals surface area contributed by atoms with Gasteiger partial charge in [-0.2, -0.15) is 0 Å². The Morgan fingerprint density at radius 1 is 1.37 bits per heavy atom. The predicted molar refractivity (Wildman–Crippen MR) is 72.8 cm³/mol. The Morgan fingerprint density at radius 2 is 2.21 bits per heavy atom. The van der Waals surface area contributed by atoms with Crippen LogP contribution < -0.4 is 0 Å². The number of carbonyl (C=O) groups excluding carboxylic acids is 1. The maximum absolute atomic E-state index is 11.2. The lowest BCUT2D eigenvalue weighted by Gasteiger charge is -2.01. The van der Waals surface area contributed by atoms with Crippen LogP contribution in [0, 0.1) is 0 Å². The van der Waals surface area contributed by atoms with Crippen LogP contribution in [0.1, 0.15) is 12.5 Å². The van der Waals surface area contributed by atoms with E-state index in [4.69, 9.17) is 4.42 Å². The van der Waals surface area contributed by atoms with Gasteiger partial charge in [0.25, 0.3) is 0 Å². The number of hydrogen-bond donors (Lipinski definition) is 0. The van der Waals surface area contributed by atoms with E-state index in [-0.39, 0.29) is 5.78 Å². The Kier molecular flexibility index (Phi) is 2.71. The summed E-state index contributed by atoms with van der Waals surface area (Å²) in [5.41, 5.74) is 2.92. The number of aromatic nitrogens is 2. The molecule has 2 aromatic heterocycles. The van der Waals surface area contributed by atoms with E-state index in [1.54, 1.807) is 13.2 Å². The van der Waals surface area contributed by atoms with Gasteiger partial charge in [-0.15, -0.1) is 0 Å². The van der Waals surface area contributed by atoms with Crippen LogP contribution in [0.2, 0.25) is 0 Å². The second-order valence-corrected chi connectivity index (χ2v) is 4.67. The first-order valence-corrected chi connectivity index (χ1v) is 6.14. The largest absolute Gasteiger partial charge is 0.461 e. The Bertz CT molecular complexity index is 739. The molecule has 0 unspecified atom stereocenters. The average Bonchev–Trinajstić information content (AvgIpc) is 2.97. The SMILES string of the molecule is CC(=O)Cc1ccc2nc(-c3ccco3)n(C)c2c1. The highest BCUT2D eigenvalue weighted by Gasteiger charge is 2.12. The maximum Gasteiger partial charge on any atom is 0.176 e. The van der Waals surface area contributed by atoms with Gasteiger partial charge in [0.1, 0.15) is 5.78 Å². The lowest BCUT2D eigenvalue weighted by atomic mass is 10.1. The van der Waals surface area contributed by atoms with E-state index < -0.39 is 0 Å². The van der Waals surface area contributed by atoms with E-state index in [9.17, 15) is 4.79 Å². The van der Waals surface area contributed by atoms with Crippen LogP contribution in [0.25, 0.3) is 22.6 Å². The minimum absolute atomic E-state index is 0.160. The summed E-state index contributed by atoms with van der Waals surface area (Å²) in [5.74, 6) is 1.69. The molecule has 96 valence electrons. The molecule has 0 aliphatic rings. The van der Waals surface area contributed by atoms with E-state index >= 15 is 0 Å². The van der Waals surface area contributed by atoms with Gasteiger partial charge >= 0.3 is 0 Å². The number of Topliss-reactive ketones (excluding diaryl/α,β-unsaturated/α-hetero) is 1. The molecule has 0 aliphatic heterocycles. The third kappa shape index (κ3) is 2.05. The first kappa shape index (κ1) is 11.7. The lowest BCUT2D eigenvalue weighted by molar-refractivity contribution is -0.116. The Balaban J connectivity index is 2.13. The van der Waals surface area contributed by atoms with Crippen LogP contribution in [-0.2, 0) is 18.3 Å². The third-order valence-electron chi connectivity index (χ3n) is 3.14. The number of benzene rings is 1. The topological polar surface area (TPSA) is 48.0 Å². The molecule has 0 saturated carbocycles. The molecule has 4 nitrogen and oxygen atoms in total. The number of nitrogens with zero attached hydrogens (tertiary/aromatic N) is 2. The number of aryl methyl sites for hydroxylation is 1. The van der Waals surface area contributed by atoms with Gasteiger partial charge in [-0.25, -0.2) is 4.98 Å². The molecule has 0 atom stereocenters. The van der Waals surface area contributed by atoms with Crippen molar-refractivity contribution >= 4 is 16.8 Å². The summed E-state index contributed by atoms with van der Waals surface area (Å²) in [6, 6.07) is 9.63. The summed E-state index contributed by atoms with van der Waals surface area (Å²) >= 11 is 0. The molecular weight excluding hydrogens is 240 g/mol. The van der Waals surface area contributed by atoms with Gasteiger partial charge in [0.2, 0.25) is 0 Å². The summed E-state index contributed by atoms with van der Waals surface area (Å²) < 4.78 is 7.37. The van der Waals surface area contributed by atoms with E-state index in [1.807, 2.05) is 41.9 Å². The predicted octanol–water partition coefficient (Wildman–Crippen LogP) is 2.96. The van der Waals surface area contributed by atoms with Crippen molar-refractivity contribution in [3.63, 3.8) is 0 Å². The van der Waals surface area contributed by atoms with Gasteiger partial charge in [0.05, 0.1) is 17.3 Å². The molecule has 0 amide bonds. The zero-order valence-electron chi connectivity index (χ0n) is 10.9. The highest BCUT2D eigenvalue weighted by atomic mass is 16.3. The minimum Gasteiger partial charge on any atom is -0.461 e. The normalized spacial score (nSPS) is 11.1. The first-order chi connectivity index (χ1) is 9.15. The average molecular weight is 254 g/mol. The van der Waals surface area contributed by atoms with E-state index in [0.717, 1.165) is 28.2 Å². The van der Waals surface area contributed by atoms with Crippen LogP contribution in [-0.4, -0.2) is 15.3 Å². The molecule has 0 saturated heterocycles. The fraction of sp³-hybridized carbons (Fsp3) is 0.200. The standard InChI is InChI=1S/C15H14N2O2/c1-10(18)8-11-5-6-12-13(9-11)17(2)15(16-12)14-4-3-7-19-14/h3-7,9H,8H2,1-2H3. The second kappa shape index (κ2) is 4.39.